The quantitative estimate of drug-likeness (QED) is 0.509. The summed E-state index contributed by atoms with van der Waals surface area (Å²) in [7, 11) is 1.27. The summed E-state index contributed by atoms with van der Waals surface area (Å²) in [6.45, 7) is 8.41. The number of nitrogens with zero attached hydrogens (tertiary/aromatic N) is 1. The molecular weight excluding hydrogens is 413 g/mol. The SMILES string of the molecule is CCN(CC)C(=O)c1sc(NC(=S)Nc2cc(C)ccc2F)c(C(=O)OC)c1C. The van der Waals surface area contributed by atoms with Gasteiger partial charge in [0.15, 0.2) is 5.11 Å². The average Bonchev–Trinajstić information content (AvgIpc) is 3.00. The maximum absolute atomic E-state index is 14.0. The first kappa shape index (κ1) is 22.8. The standard InChI is InChI=1S/C20H24FN3O3S2/c1-6-24(7-2)18(25)16-12(4)15(19(26)27-5)17(29-16)23-20(28)22-14-10-11(3)8-9-13(14)21/h8-10H,6-7H2,1-5H3,(H2,22,23,28). The zero-order chi connectivity index (χ0) is 21.7. The third-order valence-electron chi connectivity index (χ3n) is 4.38. The summed E-state index contributed by atoms with van der Waals surface area (Å²) in [6, 6.07) is 4.62. The lowest BCUT2D eigenvalue weighted by molar-refractivity contribution is 0.0601. The molecule has 6 nitrogen and oxygen atoms in total. The number of thiophene rings is 1. The Morgan fingerprint density at radius 1 is 1.21 bits per heavy atom. The molecule has 156 valence electrons. The molecule has 0 bridgehead atoms. The van der Waals surface area contributed by atoms with E-state index in [2.05, 4.69) is 10.6 Å². The Labute approximate surface area is 179 Å². The number of carbonyl (C=O) groups is 2. The molecule has 1 aromatic heterocycles. The van der Waals surface area contributed by atoms with Crippen LogP contribution in [0.4, 0.5) is 15.1 Å². The lowest BCUT2D eigenvalue weighted by Gasteiger charge is -2.18. The number of amides is 1. The predicted molar refractivity (Wildman–Crippen MR) is 119 cm³/mol. The van der Waals surface area contributed by atoms with Gasteiger partial charge in [0.25, 0.3) is 5.91 Å². The number of carbonyl (C=O) groups excluding carboxylic acids is 2. The van der Waals surface area contributed by atoms with Gasteiger partial charge in [-0.05, 0) is 63.2 Å². The first-order chi connectivity index (χ1) is 13.7. The third-order valence-corrected chi connectivity index (χ3v) is 5.78. The van der Waals surface area contributed by atoms with Crippen LogP contribution in [-0.2, 0) is 4.74 Å². The van der Waals surface area contributed by atoms with Gasteiger partial charge >= 0.3 is 5.97 Å². The minimum absolute atomic E-state index is 0.0998. The van der Waals surface area contributed by atoms with E-state index in [-0.39, 0.29) is 22.3 Å². The van der Waals surface area contributed by atoms with Gasteiger partial charge in [0.05, 0.1) is 23.2 Å². The number of rotatable bonds is 6. The zero-order valence-electron chi connectivity index (χ0n) is 17.0. The van der Waals surface area contributed by atoms with Gasteiger partial charge in [-0.1, -0.05) is 6.07 Å². The van der Waals surface area contributed by atoms with Crippen LogP contribution in [0.1, 0.15) is 45.0 Å². The summed E-state index contributed by atoms with van der Waals surface area (Å²) in [5.74, 6) is -1.20. The molecule has 2 N–H and O–H groups in total. The zero-order valence-corrected chi connectivity index (χ0v) is 18.6. The van der Waals surface area contributed by atoms with Crippen molar-refractivity contribution in [3.63, 3.8) is 0 Å². The van der Waals surface area contributed by atoms with E-state index in [1.807, 2.05) is 20.8 Å². The summed E-state index contributed by atoms with van der Waals surface area (Å²) in [5.41, 5.74) is 1.84. The van der Waals surface area contributed by atoms with Gasteiger partial charge in [-0.15, -0.1) is 11.3 Å². The van der Waals surface area contributed by atoms with Crippen LogP contribution in [0.25, 0.3) is 0 Å². The highest BCUT2D eigenvalue weighted by Gasteiger charge is 2.27. The van der Waals surface area contributed by atoms with Crippen LogP contribution in [0.15, 0.2) is 18.2 Å². The van der Waals surface area contributed by atoms with E-state index in [4.69, 9.17) is 17.0 Å². The second kappa shape index (κ2) is 9.80. The second-order valence-corrected chi connectivity index (χ2v) is 7.72. The largest absolute Gasteiger partial charge is 0.465 e. The number of halogens is 1. The molecule has 0 aliphatic heterocycles. The summed E-state index contributed by atoms with van der Waals surface area (Å²) in [6.07, 6.45) is 0. The molecule has 9 heteroatoms. The van der Waals surface area contributed by atoms with E-state index >= 15 is 0 Å². The minimum Gasteiger partial charge on any atom is -0.465 e. The maximum atomic E-state index is 14.0. The van der Waals surface area contributed by atoms with E-state index in [9.17, 15) is 14.0 Å². The van der Waals surface area contributed by atoms with Crippen molar-refractivity contribution in [1.82, 2.24) is 4.90 Å². The van der Waals surface area contributed by atoms with Crippen molar-refractivity contribution < 1.29 is 18.7 Å². The molecule has 29 heavy (non-hydrogen) atoms. The number of hydrogen-bond donors (Lipinski definition) is 2. The van der Waals surface area contributed by atoms with E-state index < -0.39 is 11.8 Å². The Bertz CT molecular complexity index is 939. The summed E-state index contributed by atoms with van der Waals surface area (Å²) in [4.78, 5) is 27.3. The molecule has 0 spiro atoms. The highest BCUT2D eigenvalue weighted by atomic mass is 32.1. The highest BCUT2D eigenvalue weighted by Crippen LogP contribution is 2.34. The molecule has 0 atom stereocenters. The van der Waals surface area contributed by atoms with Crippen LogP contribution < -0.4 is 10.6 Å². The van der Waals surface area contributed by atoms with E-state index in [0.717, 1.165) is 16.9 Å². The number of hydrogen-bond acceptors (Lipinski definition) is 5. The Morgan fingerprint density at radius 2 is 1.86 bits per heavy atom. The molecule has 0 aliphatic rings. The Hall–Kier alpha value is -2.52. The van der Waals surface area contributed by atoms with Gasteiger partial charge in [-0.3, -0.25) is 4.79 Å². The molecule has 0 saturated heterocycles. The normalized spacial score (nSPS) is 10.4. The summed E-state index contributed by atoms with van der Waals surface area (Å²) >= 11 is 6.41. The molecule has 1 amide bonds. The molecule has 0 saturated carbocycles. The molecule has 2 rings (SSSR count). The van der Waals surface area contributed by atoms with E-state index in [1.165, 1.54) is 13.2 Å². The van der Waals surface area contributed by atoms with Crippen molar-refractivity contribution in [3.8, 4) is 0 Å². The van der Waals surface area contributed by atoms with Crippen molar-refractivity contribution in [1.29, 1.82) is 0 Å². The summed E-state index contributed by atoms with van der Waals surface area (Å²) in [5, 5.41) is 6.17. The van der Waals surface area contributed by atoms with Crippen LogP contribution in [-0.4, -0.2) is 42.1 Å². The summed E-state index contributed by atoms with van der Waals surface area (Å²) < 4.78 is 18.9. The first-order valence-corrected chi connectivity index (χ1v) is 10.3. The Balaban J connectivity index is 2.36. The van der Waals surface area contributed by atoms with Crippen molar-refractivity contribution in [2.75, 3.05) is 30.8 Å². The van der Waals surface area contributed by atoms with Gasteiger partial charge in [0, 0.05) is 13.1 Å². The van der Waals surface area contributed by atoms with Gasteiger partial charge < -0.3 is 20.3 Å². The van der Waals surface area contributed by atoms with Crippen LogP contribution in [0.3, 0.4) is 0 Å². The van der Waals surface area contributed by atoms with E-state index in [0.29, 0.717) is 28.5 Å². The number of thiocarbonyl (C=S) groups is 1. The van der Waals surface area contributed by atoms with Crippen LogP contribution in [0.5, 0.6) is 0 Å². The van der Waals surface area contributed by atoms with Gasteiger partial charge in [-0.25, -0.2) is 9.18 Å². The first-order valence-electron chi connectivity index (χ1n) is 9.08. The Kier molecular flexibility index (Phi) is 7.69. The van der Waals surface area contributed by atoms with Crippen molar-refractivity contribution in [2.45, 2.75) is 27.7 Å². The fraction of sp³-hybridized carbons (Fsp3) is 0.350. The third kappa shape index (κ3) is 5.10. The molecule has 2 aromatic rings. The molecular formula is C20H24FN3O3S2. The topological polar surface area (TPSA) is 70.7 Å². The molecule has 0 aliphatic carbocycles. The van der Waals surface area contributed by atoms with Gasteiger partial charge in [0.2, 0.25) is 0 Å². The van der Waals surface area contributed by atoms with Crippen molar-refractivity contribution in [3.05, 3.63) is 45.6 Å². The fourth-order valence-electron chi connectivity index (χ4n) is 2.80. The molecule has 0 radical (unpaired) electrons. The van der Waals surface area contributed by atoms with Gasteiger partial charge in [-0.2, -0.15) is 0 Å². The van der Waals surface area contributed by atoms with E-state index in [1.54, 1.807) is 24.0 Å². The fourth-order valence-corrected chi connectivity index (χ4v) is 4.24. The molecule has 1 aromatic carbocycles. The monoisotopic (exact) mass is 437 g/mol. The van der Waals surface area contributed by atoms with Crippen molar-refractivity contribution >= 4 is 51.2 Å². The number of esters is 1. The lowest BCUT2D eigenvalue weighted by Crippen LogP contribution is -2.30. The molecule has 1 heterocycles. The lowest BCUT2D eigenvalue weighted by atomic mass is 10.1. The average molecular weight is 438 g/mol. The number of nitrogens with one attached hydrogen (secondary N) is 2. The number of aryl methyl sites for hydroxylation is 1. The van der Waals surface area contributed by atoms with Gasteiger partial charge in [0.1, 0.15) is 10.8 Å². The highest BCUT2D eigenvalue weighted by molar-refractivity contribution is 7.80. The number of benzene rings is 1. The Morgan fingerprint density at radius 3 is 2.45 bits per heavy atom. The number of anilines is 2. The minimum atomic E-state index is -0.579. The van der Waals surface area contributed by atoms with Crippen LogP contribution >= 0.6 is 23.6 Å². The maximum Gasteiger partial charge on any atom is 0.341 e. The van der Waals surface area contributed by atoms with Crippen LogP contribution in [0, 0.1) is 19.7 Å². The molecule has 0 unspecified atom stereocenters. The predicted octanol–water partition coefficient (Wildman–Crippen LogP) is 4.58. The molecule has 0 fully saturated rings. The smallest absolute Gasteiger partial charge is 0.341 e. The number of methoxy groups -OCH3 is 1. The second-order valence-electron chi connectivity index (χ2n) is 6.29. The van der Waals surface area contributed by atoms with Crippen molar-refractivity contribution in [2.24, 2.45) is 0 Å². The number of ether oxygens (including phenoxy) is 1. The van der Waals surface area contributed by atoms with Crippen LogP contribution in [0.2, 0.25) is 0 Å².